The first-order valence-electron chi connectivity index (χ1n) is 7.07. The number of hydrogen-bond donors (Lipinski definition) is 0. The van der Waals surface area contributed by atoms with Crippen LogP contribution in [-0.2, 0) is 6.61 Å². The van der Waals surface area contributed by atoms with E-state index in [1.54, 1.807) is 18.2 Å². The maximum absolute atomic E-state index is 11.0. The summed E-state index contributed by atoms with van der Waals surface area (Å²) in [5.41, 5.74) is 2.56. The number of benzene rings is 2. The van der Waals surface area contributed by atoms with Crippen LogP contribution < -0.4 is 4.74 Å². The molecule has 0 fully saturated rings. The van der Waals surface area contributed by atoms with Gasteiger partial charge in [-0.05, 0) is 35.7 Å². The van der Waals surface area contributed by atoms with E-state index in [-0.39, 0.29) is 0 Å². The topological polar surface area (TPSA) is 26.3 Å². The Bertz CT molecular complexity index is 621. The minimum Gasteiger partial charge on any atom is -0.489 e. The van der Waals surface area contributed by atoms with E-state index in [1.165, 1.54) is 0 Å². The Balaban J connectivity index is 0.00000116. The van der Waals surface area contributed by atoms with Gasteiger partial charge in [-0.3, -0.25) is 4.79 Å². The van der Waals surface area contributed by atoms with Crippen molar-refractivity contribution in [2.75, 3.05) is 0 Å². The summed E-state index contributed by atoms with van der Waals surface area (Å²) < 4.78 is 5.86. The van der Waals surface area contributed by atoms with Crippen LogP contribution in [0.25, 0.3) is 0 Å². The molecular formula is C19H21ClO2. The Morgan fingerprint density at radius 2 is 1.86 bits per heavy atom. The molecule has 0 aromatic heterocycles. The first kappa shape index (κ1) is 18.0. The van der Waals surface area contributed by atoms with Crippen LogP contribution in [0.1, 0.15) is 41.3 Å². The van der Waals surface area contributed by atoms with Gasteiger partial charge < -0.3 is 4.74 Å². The second-order valence-electron chi connectivity index (χ2n) is 4.94. The highest BCUT2D eigenvalue weighted by Crippen LogP contribution is 2.27. The van der Waals surface area contributed by atoms with Gasteiger partial charge in [0, 0.05) is 16.1 Å². The maximum Gasteiger partial charge on any atom is 0.150 e. The highest BCUT2D eigenvalue weighted by molar-refractivity contribution is 6.30. The molecule has 116 valence electrons. The van der Waals surface area contributed by atoms with Gasteiger partial charge in [0.2, 0.25) is 0 Å². The van der Waals surface area contributed by atoms with Crippen molar-refractivity contribution in [3.05, 3.63) is 77.3 Å². The smallest absolute Gasteiger partial charge is 0.150 e. The van der Waals surface area contributed by atoms with Crippen LogP contribution in [0.5, 0.6) is 5.75 Å². The molecule has 2 aromatic carbocycles. The number of para-hydroxylation sites is 1. The zero-order valence-corrected chi connectivity index (χ0v) is 13.8. The Morgan fingerprint density at radius 3 is 2.50 bits per heavy atom. The number of halogens is 1. The molecule has 2 nitrogen and oxygen atoms in total. The molecule has 0 aliphatic heterocycles. The Hall–Kier alpha value is -2.06. The zero-order valence-electron chi connectivity index (χ0n) is 13.0. The number of ether oxygens (including phenoxy) is 1. The summed E-state index contributed by atoms with van der Waals surface area (Å²) >= 11 is 5.97. The molecule has 3 heteroatoms. The van der Waals surface area contributed by atoms with Gasteiger partial charge in [0.15, 0.2) is 0 Å². The third-order valence-corrected chi connectivity index (χ3v) is 3.39. The number of hydrogen-bond acceptors (Lipinski definition) is 2. The second kappa shape index (κ2) is 9.06. The lowest BCUT2D eigenvalue weighted by Crippen LogP contribution is -2.02. The predicted molar refractivity (Wildman–Crippen MR) is 93.0 cm³/mol. The van der Waals surface area contributed by atoms with Crippen molar-refractivity contribution in [1.82, 2.24) is 0 Å². The van der Waals surface area contributed by atoms with Crippen LogP contribution in [0.2, 0.25) is 5.02 Å². The van der Waals surface area contributed by atoms with Crippen molar-refractivity contribution in [1.29, 1.82) is 0 Å². The van der Waals surface area contributed by atoms with E-state index in [1.807, 2.05) is 18.2 Å². The molecule has 22 heavy (non-hydrogen) atoms. The molecule has 0 N–H and O–H groups in total. The third kappa shape index (κ3) is 4.74. The molecule has 0 spiro atoms. The molecule has 0 aliphatic rings. The predicted octanol–water partition coefficient (Wildman–Crippen LogP) is 5.66. The number of carbonyl (C=O) groups is 1. The summed E-state index contributed by atoms with van der Waals surface area (Å²) in [6, 6.07) is 13.1. The standard InChI is InChI=1S/C17H17ClO2.C2H4/c1-12(2)16-5-3-4-6-17(16)20-11-14-9-15(18)8-7-13(14)10-19;1-2/h3-10,12H,11H2,1-2H3;1-2H2. The molecule has 0 bridgehead atoms. The van der Waals surface area contributed by atoms with Gasteiger partial charge >= 0.3 is 0 Å². The molecule has 0 saturated heterocycles. The van der Waals surface area contributed by atoms with E-state index in [4.69, 9.17) is 16.3 Å². The largest absolute Gasteiger partial charge is 0.489 e. The van der Waals surface area contributed by atoms with Crippen LogP contribution in [-0.4, -0.2) is 6.29 Å². The molecule has 2 aromatic rings. The van der Waals surface area contributed by atoms with E-state index in [0.29, 0.717) is 23.1 Å². The monoisotopic (exact) mass is 316 g/mol. The number of rotatable bonds is 5. The van der Waals surface area contributed by atoms with Gasteiger partial charge in [-0.25, -0.2) is 0 Å². The lowest BCUT2D eigenvalue weighted by atomic mass is 10.0. The molecule has 0 aliphatic carbocycles. The van der Waals surface area contributed by atoms with E-state index >= 15 is 0 Å². The third-order valence-electron chi connectivity index (χ3n) is 3.16. The SMILES string of the molecule is C=C.CC(C)c1ccccc1OCc1cc(Cl)ccc1C=O. The van der Waals surface area contributed by atoms with Gasteiger partial charge in [0.25, 0.3) is 0 Å². The summed E-state index contributed by atoms with van der Waals surface area (Å²) in [5, 5.41) is 0.603. The second-order valence-corrected chi connectivity index (χ2v) is 5.38. The summed E-state index contributed by atoms with van der Waals surface area (Å²) in [6.45, 7) is 10.6. The van der Waals surface area contributed by atoms with Crippen molar-refractivity contribution in [3.63, 3.8) is 0 Å². The number of carbonyl (C=O) groups excluding carboxylic acids is 1. The molecule has 2 rings (SSSR count). The van der Waals surface area contributed by atoms with E-state index < -0.39 is 0 Å². The molecule has 0 saturated carbocycles. The summed E-state index contributed by atoms with van der Waals surface area (Å²) in [5.74, 6) is 1.23. The van der Waals surface area contributed by atoms with Gasteiger partial charge in [-0.2, -0.15) is 0 Å². The van der Waals surface area contributed by atoms with Crippen molar-refractivity contribution in [3.8, 4) is 5.75 Å². The first-order chi connectivity index (χ1) is 10.6. The van der Waals surface area contributed by atoms with Crippen molar-refractivity contribution >= 4 is 17.9 Å². The molecule has 0 amide bonds. The summed E-state index contributed by atoms with van der Waals surface area (Å²) in [4.78, 5) is 11.0. The average Bonchev–Trinajstić information content (AvgIpc) is 2.55. The van der Waals surface area contributed by atoms with Crippen LogP contribution in [0.3, 0.4) is 0 Å². The van der Waals surface area contributed by atoms with Crippen LogP contribution in [0, 0.1) is 0 Å². The Morgan fingerprint density at radius 1 is 1.18 bits per heavy atom. The molecule has 0 heterocycles. The summed E-state index contributed by atoms with van der Waals surface area (Å²) in [6.07, 6.45) is 0.823. The molecule has 0 unspecified atom stereocenters. The first-order valence-corrected chi connectivity index (χ1v) is 7.45. The molecule has 0 atom stereocenters. The highest BCUT2D eigenvalue weighted by atomic mass is 35.5. The lowest BCUT2D eigenvalue weighted by Gasteiger charge is -2.14. The van der Waals surface area contributed by atoms with Crippen molar-refractivity contribution in [2.45, 2.75) is 26.4 Å². The zero-order chi connectivity index (χ0) is 16.5. The Labute approximate surface area is 137 Å². The fourth-order valence-corrected chi connectivity index (χ4v) is 2.25. The fourth-order valence-electron chi connectivity index (χ4n) is 2.06. The van der Waals surface area contributed by atoms with E-state index in [2.05, 4.69) is 33.1 Å². The van der Waals surface area contributed by atoms with Gasteiger partial charge in [-0.1, -0.05) is 43.6 Å². The van der Waals surface area contributed by atoms with E-state index in [0.717, 1.165) is 23.2 Å². The van der Waals surface area contributed by atoms with Gasteiger partial charge in [0.1, 0.15) is 18.6 Å². The lowest BCUT2D eigenvalue weighted by molar-refractivity contribution is 0.112. The van der Waals surface area contributed by atoms with Crippen molar-refractivity contribution in [2.24, 2.45) is 0 Å². The van der Waals surface area contributed by atoms with Crippen LogP contribution in [0.4, 0.5) is 0 Å². The average molecular weight is 317 g/mol. The number of aldehydes is 1. The fraction of sp³-hybridized carbons (Fsp3) is 0.211. The quantitative estimate of drug-likeness (QED) is 0.525. The van der Waals surface area contributed by atoms with Crippen LogP contribution >= 0.6 is 11.6 Å². The minimum atomic E-state index is 0.332. The van der Waals surface area contributed by atoms with E-state index in [9.17, 15) is 4.79 Å². The summed E-state index contributed by atoms with van der Waals surface area (Å²) in [7, 11) is 0. The van der Waals surface area contributed by atoms with Gasteiger partial charge in [0.05, 0.1) is 0 Å². The minimum absolute atomic E-state index is 0.332. The molecule has 0 radical (unpaired) electrons. The normalized spacial score (nSPS) is 9.82. The highest BCUT2D eigenvalue weighted by Gasteiger charge is 2.09. The molecular weight excluding hydrogens is 296 g/mol. The van der Waals surface area contributed by atoms with Crippen molar-refractivity contribution < 1.29 is 9.53 Å². The van der Waals surface area contributed by atoms with Crippen LogP contribution in [0.15, 0.2) is 55.6 Å². The maximum atomic E-state index is 11.0. The Kier molecular flexibility index (Phi) is 7.41. The van der Waals surface area contributed by atoms with Gasteiger partial charge in [-0.15, -0.1) is 13.2 Å².